The Bertz CT molecular complexity index is 965. The van der Waals surface area contributed by atoms with Crippen LogP contribution in [0.15, 0.2) is 47.4 Å². The van der Waals surface area contributed by atoms with Gasteiger partial charge in [-0.25, -0.2) is 0 Å². The lowest BCUT2D eigenvalue weighted by molar-refractivity contribution is -0.120. The summed E-state index contributed by atoms with van der Waals surface area (Å²) in [4.78, 5) is 32.6. The second-order valence-electron chi connectivity index (χ2n) is 5.89. The Morgan fingerprint density at radius 1 is 1.25 bits per heavy atom. The number of nitrogens with one attached hydrogen (secondary N) is 1. The number of hydrogen-bond acceptors (Lipinski definition) is 5. The average molecular weight is 337 g/mol. The van der Waals surface area contributed by atoms with Crippen molar-refractivity contribution < 1.29 is 4.79 Å². The molecule has 1 saturated carbocycles. The van der Waals surface area contributed by atoms with E-state index in [1.54, 1.807) is 12.3 Å². The second-order valence-corrected chi connectivity index (χ2v) is 6.92. The highest BCUT2D eigenvalue weighted by molar-refractivity contribution is 7.21. The summed E-state index contributed by atoms with van der Waals surface area (Å²) in [5.74, 6) is 0.0307. The average Bonchev–Trinajstić information content (AvgIpc) is 3.39. The first-order valence-electron chi connectivity index (χ1n) is 7.83. The molecule has 3 aromatic rings. The van der Waals surface area contributed by atoms with E-state index in [0.717, 1.165) is 23.1 Å². The molecule has 6 heteroatoms. The van der Waals surface area contributed by atoms with E-state index in [-0.39, 0.29) is 11.5 Å². The SMILES string of the molecule is O=C(Cc1ccc2c(=O)nc(-c3ccccn3)sc2c1)NC1CC1. The van der Waals surface area contributed by atoms with E-state index in [2.05, 4.69) is 15.3 Å². The highest BCUT2D eigenvalue weighted by Gasteiger charge is 2.23. The van der Waals surface area contributed by atoms with Gasteiger partial charge in [-0.1, -0.05) is 12.1 Å². The summed E-state index contributed by atoms with van der Waals surface area (Å²) in [6.45, 7) is 0. The van der Waals surface area contributed by atoms with Crippen LogP contribution in [0.4, 0.5) is 0 Å². The van der Waals surface area contributed by atoms with Crippen LogP contribution in [0.1, 0.15) is 18.4 Å². The van der Waals surface area contributed by atoms with Crippen LogP contribution in [0.3, 0.4) is 0 Å². The molecule has 24 heavy (non-hydrogen) atoms. The first kappa shape index (κ1) is 15.0. The topological polar surface area (TPSA) is 72.0 Å². The fraction of sp³-hybridized carbons (Fsp3) is 0.222. The van der Waals surface area contributed by atoms with E-state index >= 15 is 0 Å². The van der Waals surface area contributed by atoms with Crippen LogP contribution in [-0.4, -0.2) is 21.9 Å². The van der Waals surface area contributed by atoms with Crippen LogP contribution in [0.2, 0.25) is 0 Å². The summed E-state index contributed by atoms with van der Waals surface area (Å²) < 4.78 is 0.826. The van der Waals surface area contributed by atoms with Crippen LogP contribution in [0.5, 0.6) is 0 Å². The summed E-state index contributed by atoms with van der Waals surface area (Å²) in [5.41, 5.74) is 1.31. The van der Waals surface area contributed by atoms with Gasteiger partial charge < -0.3 is 5.32 Å². The van der Waals surface area contributed by atoms with Crippen LogP contribution in [-0.2, 0) is 11.2 Å². The molecule has 0 spiro atoms. The molecule has 1 aromatic carbocycles. The van der Waals surface area contributed by atoms with E-state index in [9.17, 15) is 9.59 Å². The first-order chi connectivity index (χ1) is 11.7. The summed E-state index contributed by atoms with van der Waals surface area (Å²) >= 11 is 1.42. The van der Waals surface area contributed by atoms with Crippen LogP contribution in [0.25, 0.3) is 20.8 Å². The normalized spacial score (nSPS) is 13.8. The highest BCUT2D eigenvalue weighted by Crippen LogP contribution is 2.25. The predicted molar refractivity (Wildman–Crippen MR) is 94.0 cm³/mol. The molecule has 0 radical (unpaired) electrons. The van der Waals surface area contributed by atoms with E-state index in [0.29, 0.717) is 28.6 Å². The summed E-state index contributed by atoms with van der Waals surface area (Å²) in [6.07, 6.45) is 4.15. The number of carbonyl (C=O) groups excluding carboxylic acids is 1. The van der Waals surface area contributed by atoms with E-state index in [1.165, 1.54) is 11.3 Å². The molecule has 2 aromatic heterocycles. The molecule has 1 aliphatic carbocycles. The maximum atomic E-state index is 12.2. The molecule has 1 fully saturated rings. The summed E-state index contributed by atoms with van der Waals surface area (Å²) in [7, 11) is 0. The van der Waals surface area contributed by atoms with Crippen LogP contribution < -0.4 is 10.9 Å². The van der Waals surface area contributed by atoms with Gasteiger partial charge in [-0.2, -0.15) is 4.98 Å². The number of amides is 1. The van der Waals surface area contributed by atoms with Gasteiger partial charge in [-0.3, -0.25) is 14.6 Å². The number of hydrogen-bond donors (Lipinski definition) is 1. The Morgan fingerprint density at radius 3 is 2.88 bits per heavy atom. The standard InChI is InChI=1S/C18H15N3O2S/c22-16(20-12-5-6-12)10-11-4-7-13-15(9-11)24-18(21-17(13)23)14-3-1-2-8-19-14/h1-4,7-9,12H,5-6,10H2,(H,20,22). The smallest absolute Gasteiger partial charge is 0.279 e. The quantitative estimate of drug-likeness (QED) is 0.794. The minimum absolute atomic E-state index is 0.0307. The molecule has 1 N–H and O–H groups in total. The third kappa shape index (κ3) is 3.19. The molecule has 0 aliphatic heterocycles. The van der Waals surface area contributed by atoms with Crippen LogP contribution in [0, 0.1) is 0 Å². The van der Waals surface area contributed by atoms with Gasteiger partial charge in [0.05, 0.1) is 17.5 Å². The maximum Gasteiger partial charge on any atom is 0.279 e. The van der Waals surface area contributed by atoms with Gasteiger partial charge in [-0.05, 0) is 42.7 Å². The number of aromatic nitrogens is 2. The van der Waals surface area contributed by atoms with Gasteiger partial charge >= 0.3 is 0 Å². The number of pyridine rings is 1. The molecule has 0 atom stereocenters. The third-order valence-corrected chi connectivity index (χ3v) is 4.93. The maximum absolute atomic E-state index is 12.2. The molecule has 4 rings (SSSR count). The van der Waals surface area contributed by atoms with Crippen molar-refractivity contribution in [3.63, 3.8) is 0 Å². The minimum Gasteiger partial charge on any atom is -0.353 e. The molecule has 0 saturated heterocycles. The van der Waals surface area contributed by atoms with Gasteiger partial charge in [0.15, 0.2) is 0 Å². The third-order valence-electron chi connectivity index (χ3n) is 3.88. The molecule has 120 valence electrons. The Balaban J connectivity index is 1.69. The van der Waals surface area contributed by atoms with Crippen molar-refractivity contribution in [1.29, 1.82) is 0 Å². The first-order valence-corrected chi connectivity index (χ1v) is 8.65. The highest BCUT2D eigenvalue weighted by atomic mass is 32.1. The lowest BCUT2D eigenvalue weighted by Gasteiger charge is -2.05. The van der Waals surface area contributed by atoms with Gasteiger partial charge in [0.1, 0.15) is 5.01 Å². The molecule has 2 heterocycles. The Hall–Kier alpha value is -2.60. The molecular weight excluding hydrogens is 322 g/mol. The number of benzene rings is 1. The molecule has 5 nitrogen and oxygen atoms in total. The summed E-state index contributed by atoms with van der Waals surface area (Å²) in [6, 6.07) is 11.4. The van der Waals surface area contributed by atoms with Crippen molar-refractivity contribution in [1.82, 2.24) is 15.3 Å². The largest absolute Gasteiger partial charge is 0.353 e. The van der Waals surface area contributed by atoms with Crippen molar-refractivity contribution in [3.05, 3.63) is 58.5 Å². The number of carbonyl (C=O) groups is 1. The van der Waals surface area contributed by atoms with E-state index < -0.39 is 0 Å². The van der Waals surface area contributed by atoms with Crippen molar-refractivity contribution in [2.24, 2.45) is 0 Å². The van der Waals surface area contributed by atoms with Gasteiger partial charge in [-0.15, -0.1) is 11.3 Å². The zero-order valence-corrected chi connectivity index (χ0v) is 13.7. The predicted octanol–water partition coefficient (Wildman–Crippen LogP) is 2.54. The fourth-order valence-corrected chi connectivity index (χ4v) is 3.55. The Morgan fingerprint density at radius 2 is 2.12 bits per heavy atom. The van der Waals surface area contributed by atoms with Crippen molar-refractivity contribution >= 4 is 27.3 Å². The van der Waals surface area contributed by atoms with Crippen molar-refractivity contribution in [3.8, 4) is 10.7 Å². The van der Waals surface area contributed by atoms with Crippen molar-refractivity contribution in [2.75, 3.05) is 0 Å². The molecule has 1 aliphatic rings. The van der Waals surface area contributed by atoms with E-state index in [4.69, 9.17) is 0 Å². The Kier molecular flexibility index (Phi) is 3.82. The van der Waals surface area contributed by atoms with Gasteiger partial charge in [0.2, 0.25) is 5.91 Å². The fourth-order valence-electron chi connectivity index (χ4n) is 2.51. The minimum atomic E-state index is -0.265. The zero-order valence-electron chi connectivity index (χ0n) is 12.9. The van der Waals surface area contributed by atoms with E-state index in [1.807, 2.05) is 30.3 Å². The van der Waals surface area contributed by atoms with Gasteiger partial charge in [0.25, 0.3) is 5.56 Å². The molecule has 1 amide bonds. The summed E-state index contributed by atoms with van der Waals surface area (Å²) in [5, 5.41) is 4.14. The lowest BCUT2D eigenvalue weighted by atomic mass is 10.1. The monoisotopic (exact) mass is 337 g/mol. The molecular formula is C18H15N3O2S. The van der Waals surface area contributed by atoms with Crippen molar-refractivity contribution in [2.45, 2.75) is 25.3 Å². The lowest BCUT2D eigenvalue weighted by Crippen LogP contribution is -2.26. The Labute approximate surface area is 142 Å². The van der Waals surface area contributed by atoms with Gasteiger partial charge in [0, 0.05) is 16.9 Å². The number of fused-ring (bicyclic) bond motifs is 1. The number of rotatable bonds is 4. The second kappa shape index (κ2) is 6.13. The zero-order chi connectivity index (χ0) is 16.5. The van der Waals surface area contributed by atoms with Crippen LogP contribution >= 0.6 is 11.3 Å². The molecule has 0 unspecified atom stereocenters. The number of nitrogens with zero attached hydrogens (tertiary/aromatic N) is 2. The molecule has 0 bridgehead atoms.